The van der Waals surface area contributed by atoms with Crippen LogP contribution >= 0.6 is 11.3 Å². The highest BCUT2D eigenvalue weighted by atomic mass is 32.1. The van der Waals surface area contributed by atoms with Crippen LogP contribution in [0.5, 0.6) is 11.5 Å². The summed E-state index contributed by atoms with van der Waals surface area (Å²) in [4.78, 5) is 33.1. The Balaban J connectivity index is 1.22. The minimum Gasteiger partial charge on any atom is -0.454 e. The van der Waals surface area contributed by atoms with Gasteiger partial charge in [0, 0.05) is 18.0 Å². The molecule has 198 valence electrons. The van der Waals surface area contributed by atoms with E-state index in [0.29, 0.717) is 43.3 Å². The van der Waals surface area contributed by atoms with Gasteiger partial charge < -0.3 is 19.3 Å². The first-order valence-corrected chi connectivity index (χ1v) is 14.7. The summed E-state index contributed by atoms with van der Waals surface area (Å²) < 4.78 is 11.0. The Bertz CT molecular complexity index is 1110. The van der Waals surface area contributed by atoms with E-state index in [-0.39, 0.29) is 30.6 Å². The van der Waals surface area contributed by atoms with Gasteiger partial charge in [0.1, 0.15) is 0 Å². The maximum absolute atomic E-state index is 14.2. The topological polar surface area (TPSA) is 59.1 Å². The normalized spacial score (nSPS) is 27.1. The number of rotatable bonds is 9. The summed E-state index contributed by atoms with van der Waals surface area (Å²) in [5.74, 6) is 4.13. The van der Waals surface area contributed by atoms with Crippen molar-refractivity contribution < 1.29 is 19.1 Å². The van der Waals surface area contributed by atoms with E-state index in [9.17, 15) is 9.59 Å². The van der Waals surface area contributed by atoms with Gasteiger partial charge in [-0.15, -0.1) is 11.3 Å². The molecule has 4 saturated carbocycles. The summed E-state index contributed by atoms with van der Waals surface area (Å²) in [6, 6.07) is 9.95. The lowest BCUT2D eigenvalue weighted by atomic mass is 9.49. The highest BCUT2D eigenvalue weighted by Crippen LogP contribution is 2.60. The predicted molar refractivity (Wildman–Crippen MR) is 143 cm³/mol. The quantitative estimate of drug-likeness (QED) is 0.424. The van der Waals surface area contributed by atoms with Crippen molar-refractivity contribution in [2.45, 2.75) is 65.5 Å². The monoisotopic (exact) mass is 522 g/mol. The molecule has 1 aliphatic heterocycles. The fraction of sp³-hybridized carbons (Fsp3) is 0.600. The molecular formula is C30H38N2O4S. The highest BCUT2D eigenvalue weighted by Gasteiger charge is 2.55. The lowest BCUT2D eigenvalue weighted by molar-refractivity contribution is -0.161. The number of ether oxygens (including phenoxy) is 2. The molecule has 0 saturated heterocycles. The molecule has 0 atom stereocenters. The second-order valence-electron chi connectivity index (χ2n) is 12.3. The van der Waals surface area contributed by atoms with Crippen molar-refractivity contribution in [2.24, 2.45) is 29.1 Å². The summed E-state index contributed by atoms with van der Waals surface area (Å²) in [6.07, 6.45) is 6.99. The number of amides is 2. The van der Waals surface area contributed by atoms with Gasteiger partial charge in [-0.05, 0) is 91.3 Å². The largest absolute Gasteiger partial charge is 0.454 e. The molecule has 0 radical (unpaired) electrons. The number of nitrogens with zero attached hydrogens (tertiary/aromatic N) is 2. The molecule has 37 heavy (non-hydrogen) atoms. The zero-order valence-corrected chi connectivity index (χ0v) is 22.8. The van der Waals surface area contributed by atoms with Crippen LogP contribution in [0.25, 0.3) is 0 Å². The fourth-order valence-electron chi connectivity index (χ4n) is 7.71. The first kappa shape index (κ1) is 24.8. The van der Waals surface area contributed by atoms with E-state index in [1.807, 2.05) is 39.4 Å². The average molecular weight is 523 g/mol. The van der Waals surface area contributed by atoms with Gasteiger partial charge in [0.05, 0.1) is 18.5 Å². The fourth-order valence-corrected chi connectivity index (χ4v) is 8.43. The number of hydrogen-bond donors (Lipinski definition) is 0. The molecule has 2 amide bonds. The van der Waals surface area contributed by atoms with Gasteiger partial charge >= 0.3 is 0 Å². The molecule has 2 heterocycles. The van der Waals surface area contributed by atoms with Crippen molar-refractivity contribution in [1.29, 1.82) is 0 Å². The van der Waals surface area contributed by atoms with Crippen LogP contribution in [0, 0.1) is 29.1 Å². The number of carbonyl (C=O) groups is 2. The van der Waals surface area contributed by atoms with Gasteiger partial charge in [0.2, 0.25) is 18.6 Å². The molecule has 7 rings (SSSR count). The Morgan fingerprint density at radius 3 is 2.32 bits per heavy atom. The van der Waals surface area contributed by atoms with E-state index in [4.69, 9.17) is 9.47 Å². The third-order valence-corrected chi connectivity index (χ3v) is 9.64. The Morgan fingerprint density at radius 1 is 0.973 bits per heavy atom. The second kappa shape index (κ2) is 9.97. The summed E-state index contributed by atoms with van der Waals surface area (Å²) in [6.45, 7) is 6.28. The molecule has 4 bridgehead atoms. The minimum atomic E-state index is -0.236. The van der Waals surface area contributed by atoms with E-state index >= 15 is 0 Å². The Labute approximate surface area is 223 Å². The molecule has 4 aliphatic carbocycles. The van der Waals surface area contributed by atoms with E-state index in [1.54, 1.807) is 11.3 Å². The van der Waals surface area contributed by atoms with Crippen molar-refractivity contribution in [3.63, 3.8) is 0 Å². The molecular weight excluding hydrogens is 484 g/mol. The van der Waals surface area contributed by atoms with Gasteiger partial charge in [0.15, 0.2) is 11.5 Å². The van der Waals surface area contributed by atoms with Crippen LogP contribution in [0.1, 0.15) is 62.8 Å². The Hall–Kier alpha value is -2.54. The lowest BCUT2D eigenvalue weighted by Gasteiger charge is -2.56. The SMILES string of the molecule is CC(C)CN(CC(=O)N(Cc1ccc2c(c1)OCO2)Cc1cccs1)C(=O)C12CC3CC(CC(C3)C1)C2. The van der Waals surface area contributed by atoms with Crippen LogP contribution in [0.4, 0.5) is 0 Å². The Morgan fingerprint density at radius 2 is 1.68 bits per heavy atom. The van der Waals surface area contributed by atoms with Crippen LogP contribution in [0.3, 0.4) is 0 Å². The first-order chi connectivity index (χ1) is 17.9. The van der Waals surface area contributed by atoms with E-state index in [1.165, 1.54) is 19.3 Å². The second-order valence-corrected chi connectivity index (χ2v) is 13.3. The summed E-state index contributed by atoms with van der Waals surface area (Å²) in [5, 5.41) is 2.04. The van der Waals surface area contributed by atoms with Gasteiger partial charge in [-0.3, -0.25) is 9.59 Å². The van der Waals surface area contributed by atoms with E-state index in [0.717, 1.165) is 41.2 Å². The molecule has 5 aliphatic rings. The number of carbonyl (C=O) groups excluding carboxylic acids is 2. The summed E-state index contributed by atoms with van der Waals surface area (Å²) in [5.41, 5.74) is 0.761. The first-order valence-electron chi connectivity index (χ1n) is 13.8. The zero-order valence-electron chi connectivity index (χ0n) is 22.0. The molecule has 6 nitrogen and oxygen atoms in total. The number of hydrogen-bond acceptors (Lipinski definition) is 5. The molecule has 2 aromatic rings. The predicted octanol–water partition coefficient (Wildman–Crippen LogP) is 5.71. The number of fused-ring (bicyclic) bond motifs is 1. The smallest absolute Gasteiger partial charge is 0.242 e. The molecule has 1 aromatic carbocycles. The van der Waals surface area contributed by atoms with Crippen molar-refractivity contribution in [3.05, 3.63) is 46.2 Å². The van der Waals surface area contributed by atoms with Crippen LogP contribution in [0.15, 0.2) is 35.7 Å². The van der Waals surface area contributed by atoms with Crippen LogP contribution in [-0.4, -0.2) is 41.5 Å². The molecule has 1 aromatic heterocycles. The molecule has 7 heteroatoms. The van der Waals surface area contributed by atoms with Crippen LogP contribution < -0.4 is 9.47 Å². The summed E-state index contributed by atoms with van der Waals surface area (Å²) in [7, 11) is 0. The lowest BCUT2D eigenvalue weighted by Crippen LogP contribution is -2.56. The maximum atomic E-state index is 14.2. The van der Waals surface area contributed by atoms with Gasteiger partial charge in [-0.2, -0.15) is 0 Å². The minimum absolute atomic E-state index is 0.00444. The molecule has 0 spiro atoms. The summed E-state index contributed by atoms with van der Waals surface area (Å²) >= 11 is 1.65. The van der Waals surface area contributed by atoms with Crippen molar-refractivity contribution in [2.75, 3.05) is 19.9 Å². The average Bonchev–Trinajstić information content (AvgIpc) is 3.53. The van der Waals surface area contributed by atoms with E-state index < -0.39 is 0 Å². The van der Waals surface area contributed by atoms with Crippen LogP contribution in [0.2, 0.25) is 0 Å². The van der Waals surface area contributed by atoms with Crippen molar-refractivity contribution in [3.8, 4) is 11.5 Å². The van der Waals surface area contributed by atoms with Gasteiger partial charge in [0.25, 0.3) is 0 Å². The van der Waals surface area contributed by atoms with E-state index in [2.05, 4.69) is 19.9 Å². The van der Waals surface area contributed by atoms with Gasteiger partial charge in [-0.1, -0.05) is 26.0 Å². The van der Waals surface area contributed by atoms with Crippen LogP contribution in [-0.2, 0) is 22.7 Å². The highest BCUT2D eigenvalue weighted by molar-refractivity contribution is 7.09. The third-order valence-electron chi connectivity index (χ3n) is 8.78. The molecule has 0 unspecified atom stereocenters. The Kier molecular flexibility index (Phi) is 6.68. The van der Waals surface area contributed by atoms with Crippen molar-refractivity contribution in [1.82, 2.24) is 9.80 Å². The zero-order chi connectivity index (χ0) is 25.6. The third kappa shape index (κ3) is 5.12. The molecule has 4 fully saturated rings. The molecule has 0 N–H and O–H groups in total. The number of thiophene rings is 1. The van der Waals surface area contributed by atoms with Gasteiger partial charge in [-0.25, -0.2) is 0 Å². The maximum Gasteiger partial charge on any atom is 0.242 e. The standard InChI is InChI=1S/C30H38N2O4S/c1-20(2)15-32(29(34)30-12-22-8-23(13-30)10-24(9-22)14-30)18-28(33)31(17-25-4-3-7-37-25)16-21-5-6-26-27(11-21)36-19-35-26/h3-7,11,20,22-24H,8-10,12-19H2,1-2H3. The van der Waals surface area contributed by atoms with Crippen molar-refractivity contribution >= 4 is 23.2 Å². The number of benzene rings is 1.